The number of hydrogen-bond acceptors (Lipinski definition) is 5. The van der Waals surface area contributed by atoms with Crippen LogP contribution in [0.25, 0.3) is 0 Å². The normalized spacial score (nSPS) is 27.2. The minimum absolute atomic E-state index is 0.119. The Balaban J connectivity index is 1.84. The Morgan fingerprint density at radius 1 is 1.20 bits per heavy atom. The van der Waals surface area contributed by atoms with E-state index in [1.165, 1.54) is 0 Å². The van der Waals surface area contributed by atoms with E-state index in [0.717, 1.165) is 23.2 Å². The molecule has 3 aliphatic rings. The van der Waals surface area contributed by atoms with Gasteiger partial charge >= 0.3 is 0 Å². The van der Waals surface area contributed by atoms with Gasteiger partial charge in [0, 0.05) is 25.3 Å². The fraction of sp³-hybridized carbons (Fsp3) is 0.606. The molecular formula is C33H47N3O5. The van der Waals surface area contributed by atoms with Gasteiger partial charge in [0.1, 0.15) is 11.6 Å². The summed E-state index contributed by atoms with van der Waals surface area (Å²) in [7, 11) is 0. The van der Waals surface area contributed by atoms with Crippen molar-refractivity contribution < 1.29 is 24.2 Å². The second-order valence-electron chi connectivity index (χ2n) is 12.4. The number of amides is 3. The fourth-order valence-electron chi connectivity index (χ4n) is 7.39. The summed E-state index contributed by atoms with van der Waals surface area (Å²) in [5.74, 6) is -1.92. The standard InChI is InChI=1S/C33H47N3O5/c1-8-15-34(16-9-2)30(38)27-26-13-14-33(41-26)28(27)31(39)36(24(20-37)18-21(4)5)29(33)32(40)35(17-10-3)25-19-22(6)11-12-23(25)7/h8,10-12,19,21,24,26-29,37H,1,3,9,13-18,20H2,2,4-7H3/t24-,26-,27+,28+,29?,33?/m1/s1. The summed E-state index contributed by atoms with van der Waals surface area (Å²) in [6.07, 6.45) is 5.38. The first-order valence-electron chi connectivity index (χ1n) is 15.1. The third kappa shape index (κ3) is 5.37. The molecule has 3 amide bonds. The zero-order chi connectivity index (χ0) is 30.1. The highest BCUT2D eigenvalue weighted by molar-refractivity contribution is 6.05. The van der Waals surface area contributed by atoms with Crippen molar-refractivity contribution >= 4 is 23.4 Å². The van der Waals surface area contributed by atoms with Crippen molar-refractivity contribution in [2.45, 2.75) is 84.1 Å². The number of likely N-dealkylation sites (tertiary alicyclic amines) is 1. The maximum Gasteiger partial charge on any atom is 0.253 e. The van der Waals surface area contributed by atoms with Gasteiger partial charge in [0.05, 0.1) is 30.6 Å². The van der Waals surface area contributed by atoms with Crippen LogP contribution >= 0.6 is 0 Å². The molecule has 8 heteroatoms. The SMILES string of the molecule is C=CCN(CCC)C(=O)[C@@H]1[C@H]2C(=O)N([C@@H](CO)CC(C)C)C(C(=O)N(CC=C)c3cc(C)ccc3C)C23CC[C@H]1O3. The van der Waals surface area contributed by atoms with Gasteiger partial charge in [-0.2, -0.15) is 0 Å². The number of aliphatic hydroxyl groups is 1. The monoisotopic (exact) mass is 565 g/mol. The van der Waals surface area contributed by atoms with Gasteiger partial charge in [-0.15, -0.1) is 13.2 Å². The molecule has 2 unspecified atom stereocenters. The Morgan fingerprint density at radius 3 is 2.51 bits per heavy atom. The summed E-state index contributed by atoms with van der Waals surface area (Å²) in [6.45, 7) is 18.7. The van der Waals surface area contributed by atoms with Gasteiger partial charge in [-0.1, -0.05) is 45.1 Å². The highest BCUT2D eigenvalue weighted by atomic mass is 16.5. The Bertz CT molecular complexity index is 1180. The van der Waals surface area contributed by atoms with Crippen LogP contribution in [0.1, 0.15) is 57.6 Å². The number of ether oxygens (including phenoxy) is 1. The van der Waals surface area contributed by atoms with E-state index in [1.807, 2.05) is 52.8 Å². The van der Waals surface area contributed by atoms with Crippen LogP contribution in [0, 0.1) is 31.6 Å². The second kappa shape index (κ2) is 12.5. The fourth-order valence-corrected chi connectivity index (χ4v) is 7.39. The van der Waals surface area contributed by atoms with Gasteiger partial charge in [-0.3, -0.25) is 14.4 Å². The van der Waals surface area contributed by atoms with Crippen LogP contribution < -0.4 is 4.90 Å². The quantitative estimate of drug-likeness (QED) is 0.365. The third-order valence-electron chi connectivity index (χ3n) is 8.99. The van der Waals surface area contributed by atoms with Crippen molar-refractivity contribution in [3.8, 4) is 0 Å². The van der Waals surface area contributed by atoms with Gasteiger partial charge in [0.2, 0.25) is 11.8 Å². The first-order valence-corrected chi connectivity index (χ1v) is 15.1. The highest BCUT2D eigenvalue weighted by Gasteiger charge is 2.75. The number of hydrogen-bond donors (Lipinski definition) is 1. The third-order valence-corrected chi connectivity index (χ3v) is 8.99. The average molecular weight is 566 g/mol. The van der Waals surface area contributed by atoms with E-state index < -0.39 is 35.6 Å². The van der Waals surface area contributed by atoms with E-state index in [1.54, 1.807) is 26.9 Å². The topological polar surface area (TPSA) is 90.4 Å². The van der Waals surface area contributed by atoms with Crippen molar-refractivity contribution in [3.63, 3.8) is 0 Å². The molecule has 3 aliphatic heterocycles. The predicted octanol–water partition coefficient (Wildman–Crippen LogP) is 4.03. The molecule has 3 saturated heterocycles. The largest absolute Gasteiger partial charge is 0.394 e. The van der Waals surface area contributed by atoms with E-state index in [2.05, 4.69) is 13.2 Å². The van der Waals surface area contributed by atoms with Crippen LogP contribution in [-0.4, -0.2) is 82.7 Å². The molecule has 4 rings (SSSR count). The summed E-state index contributed by atoms with van der Waals surface area (Å²) < 4.78 is 6.69. The predicted molar refractivity (Wildman–Crippen MR) is 160 cm³/mol. The van der Waals surface area contributed by atoms with Crippen LogP contribution in [0.4, 0.5) is 5.69 Å². The molecule has 6 atom stereocenters. The summed E-state index contributed by atoms with van der Waals surface area (Å²) in [5.41, 5.74) is 1.57. The van der Waals surface area contributed by atoms with E-state index in [0.29, 0.717) is 32.4 Å². The minimum atomic E-state index is -1.13. The Labute approximate surface area is 245 Å². The number of nitrogens with zero attached hydrogens (tertiary/aromatic N) is 3. The zero-order valence-corrected chi connectivity index (χ0v) is 25.3. The van der Waals surface area contributed by atoms with Crippen LogP contribution in [0.3, 0.4) is 0 Å². The van der Waals surface area contributed by atoms with Gasteiger partial charge in [0.15, 0.2) is 0 Å². The first-order chi connectivity index (χ1) is 19.6. The van der Waals surface area contributed by atoms with E-state index >= 15 is 0 Å². The average Bonchev–Trinajstić information content (AvgIpc) is 3.58. The molecular weight excluding hydrogens is 518 g/mol. The lowest BCUT2D eigenvalue weighted by Crippen LogP contribution is -2.59. The van der Waals surface area contributed by atoms with E-state index in [9.17, 15) is 19.5 Å². The smallest absolute Gasteiger partial charge is 0.253 e. The number of aliphatic hydroxyl groups excluding tert-OH is 1. The Morgan fingerprint density at radius 2 is 1.90 bits per heavy atom. The molecule has 1 aromatic carbocycles. The zero-order valence-electron chi connectivity index (χ0n) is 25.3. The molecule has 1 aromatic rings. The van der Waals surface area contributed by atoms with Crippen molar-refractivity contribution in [2.24, 2.45) is 17.8 Å². The summed E-state index contributed by atoms with van der Waals surface area (Å²) in [4.78, 5) is 48.4. The number of aryl methyl sites for hydroxylation is 2. The second-order valence-corrected chi connectivity index (χ2v) is 12.4. The molecule has 3 heterocycles. The number of fused-ring (bicyclic) bond motifs is 1. The molecule has 1 N–H and O–H groups in total. The lowest BCUT2D eigenvalue weighted by Gasteiger charge is -2.40. The number of carbonyl (C=O) groups excluding carboxylic acids is 3. The molecule has 0 radical (unpaired) electrons. The van der Waals surface area contributed by atoms with Crippen LogP contribution in [0.2, 0.25) is 0 Å². The molecule has 0 aromatic heterocycles. The first kappa shape index (κ1) is 31.0. The van der Waals surface area contributed by atoms with E-state index in [4.69, 9.17) is 4.74 Å². The molecule has 2 bridgehead atoms. The van der Waals surface area contributed by atoms with Gasteiger partial charge < -0.3 is 24.5 Å². The molecule has 224 valence electrons. The summed E-state index contributed by atoms with van der Waals surface area (Å²) in [6, 6.07) is 4.43. The maximum absolute atomic E-state index is 14.8. The molecule has 0 saturated carbocycles. The maximum atomic E-state index is 14.8. The van der Waals surface area contributed by atoms with Crippen molar-refractivity contribution in [3.05, 3.63) is 54.6 Å². The van der Waals surface area contributed by atoms with Gasteiger partial charge in [0.25, 0.3) is 5.91 Å². The minimum Gasteiger partial charge on any atom is -0.394 e. The van der Waals surface area contributed by atoms with Crippen molar-refractivity contribution in [1.29, 1.82) is 0 Å². The molecule has 3 fully saturated rings. The van der Waals surface area contributed by atoms with Gasteiger partial charge in [-0.25, -0.2) is 0 Å². The number of anilines is 1. The van der Waals surface area contributed by atoms with Crippen molar-refractivity contribution in [1.82, 2.24) is 9.80 Å². The molecule has 0 aliphatic carbocycles. The highest BCUT2D eigenvalue weighted by Crippen LogP contribution is 2.59. The molecule has 1 spiro atoms. The Hall–Kier alpha value is -2.97. The summed E-state index contributed by atoms with van der Waals surface area (Å²) in [5, 5.41) is 10.6. The van der Waals surface area contributed by atoms with Crippen molar-refractivity contribution in [2.75, 3.05) is 31.1 Å². The lowest BCUT2D eigenvalue weighted by atomic mass is 9.70. The van der Waals surface area contributed by atoms with E-state index in [-0.39, 0.29) is 36.8 Å². The van der Waals surface area contributed by atoms with Crippen LogP contribution in [0.5, 0.6) is 0 Å². The van der Waals surface area contributed by atoms with Crippen LogP contribution in [0.15, 0.2) is 43.5 Å². The lowest BCUT2D eigenvalue weighted by molar-refractivity contribution is -0.147. The number of carbonyl (C=O) groups is 3. The molecule has 41 heavy (non-hydrogen) atoms. The number of rotatable bonds is 13. The number of benzene rings is 1. The van der Waals surface area contributed by atoms with Crippen LogP contribution in [-0.2, 0) is 19.1 Å². The molecule has 8 nitrogen and oxygen atoms in total. The summed E-state index contributed by atoms with van der Waals surface area (Å²) >= 11 is 0. The van der Waals surface area contributed by atoms with Gasteiger partial charge in [-0.05, 0) is 62.6 Å². The Kier molecular flexibility index (Phi) is 9.44.